The molecule has 0 saturated heterocycles. The molecule has 2 aromatic carbocycles. The van der Waals surface area contributed by atoms with Crippen LogP contribution < -0.4 is 4.90 Å². The molecule has 1 atom stereocenters. The van der Waals surface area contributed by atoms with E-state index in [1.165, 1.54) is 0 Å². The van der Waals surface area contributed by atoms with Crippen molar-refractivity contribution in [3.63, 3.8) is 0 Å². The summed E-state index contributed by atoms with van der Waals surface area (Å²) in [5.74, 6) is 0.0488. The molecule has 1 amide bonds. The highest BCUT2D eigenvalue weighted by molar-refractivity contribution is 6.07. The predicted octanol–water partition coefficient (Wildman–Crippen LogP) is 4.86. The topological polar surface area (TPSA) is 57.6 Å². The van der Waals surface area contributed by atoms with Crippen LogP contribution in [0.5, 0.6) is 5.75 Å². The number of phenolic OH excluding ortho intramolecular Hbond substituents is 1. The molecule has 4 nitrogen and oxygen atoms in total. The maximum Gasteiger partial charge on any atom is 0.232 e. The molecule has 0 fully saturated rings. The van der Waals surface area contributed by atoms with Crippen LogP contribution in [-0.2, 0) is 9.59 Å². The minimum Gasteiger partial charge on any atom is -0.508 e. The molecule has 144 valence electrons. The molecule has 0 spiro atoms. The van der Waals surface area contributed by atoms with Crippen molar-refractivity contribution < 1.29 is 14.7 Å². The number of amides is 1. The Bertz CT molecular complexity index is 985. The first kappa shape index (κ1) is 18.5. The molecule has 1 N–H and O–H groups in total. The van der Waals surface area contributed by atoms with Crippen LogP contribution in [0.25, 0.3) is 0 Å². The largest absolute Gasteiger partial charge is 0.508 e. The summed E-state index contributed by atoms with van der Waals surface area (Å²) in [6.45, 7) is 6.16. The van der Waals surface area contributed by atoms with Crippen LogP contribution in [0.15, 0.2) is 59.8 Å². The quantitative estimate of drug-likeness (QED) is 0.815. The molecular formula is C24H25NO3. The lowest BCUT2D eigenvalue weighted by molar-refractivity contribution is -0.121. The van der Waals surface area contributed by atoms with Crippen molar-refractivity contribution in [3.8, 4) is 5.75 Å². The maximum atomic E-state index is 13.3. The Kier molecular flexibility index (Phi) is 4.37. The second-order valence-electron chi connectivity index (χ2n) is 8.72. The number of aryl methyl sites for hydroxylation is 1. The van der Waals surface area contributed by atoms with E-state index in [1.807, 2.05) is 43.3 Å². The Morgan fingerprint density at radius 3 is 2.43 bits per heavy atom. The highest BCUT2D eigenvalue weighted by Gasteiger charge is 2.44. The number of allylic oxidation sites excluding steroid dienone is 2. The molecule has 0 bridgehead atoms. The third-order valence-electron chi connectivity index (χ3n) is 5.70. The maximum absolute atomic E-state index is 13.3. The minimum absolute atomic E-state index is 0.00734. The third-order valence-corrected chi connectivity index (χ3v) is 5.70. The zero-order valence-corrected chi connectivity index (χ0v) is 16.5. The molecule has 2 aliphatic rings. The molecule has 0 aromatic heterocycles. The Morgan fingerprint density at radius 2 is 1.75 bits per heavy atom. The minimum atomic E-state index is -0.257. The lowest BCUT2D eigenvalue weighted by atomic mass is 9.69. The smallest absolute Gasteiger partial charge is 0.232 e. The summed E-state index contributed by atoms with van der Waals surface area (Å²) in [5.41, 5.74) is 4.21. The van der Waals surface area contributed by atoms with Gasteiger partial charge in [-0.1, -0.05) is 38.1 Å². The van der Waals surface area contributed by atoms with Gasteiger partial charge in [0.2, 0.25) is 5.91 Å². The normalized spacial score (nSPS) is 21.7. The van der Waals surface area contributed by atoms with Gasteiger partial charge in [-0.05, 0) is 54.2 Å². The number of anilines is 1. The summed E-state index contributed by atoms with van der Waals surface area (Å²) in [6.07, 6.45) is 1.42. The summed E-state index contributed by atoms with van der Waals surface area (Å²) < 4.78 is 0. The van der Waals surface area contributed by atoms with Gasteiger partial charge < -0.3 is 5.11 Å². The van der Waals surface area contributed by atoms with Crippen molar-refractivity contribution >= 4 is 17.4 Å². The Labute approximate surface area is 165 Å². The van der Waals surface area contributed by atoms with Gasteiger partial charge in [-0.15, -0.1) is 0 Å². The van der Waals surface area contributed by atoms with Gasteiger partial charge in [0.25, 0.3) is 0 Å². The molecule has 4 heteroatoms. The first-order chi connectivity index (χ1) is 13.2. The first-order valence-electron chi connectivity index (χ1n) is 9.70. The molecule has 28 heavy (non-hydrogen) atoms. The van der Waals surface area contributed by atoms with E-state index in [0.29, 0.717) is 12.8 Å². The molecule has 1 unspecified atom stereocenters. The molecule has 0 radical (unpaired) electrons. The van der Waals surface area contributed by atoms with Crippen LogP contribution in [0.2, 0.25) is 0 Å². The Balaban J connectivity index is 1.89. The van der Waals surface area contributed by atoms with E-state index in [0.717, 1.165) is 28.1 Å². The van der Waals surface area contributed by atoms with Crippen molar-refractivity contribution in [3.05, 3.63) is 70.9 Å². The molecule has 1 heterocycles. The highest BCUT2D eigenvalue weighted by Crippen LogP contribution is 2.48. The number of benzene rings is 2. The van der Waals surface area contributed by atoms with Gasteiger partial charge >= 0.3 is 0 Å². The molecule has 1 aliphatic heterocycles. The van der Waals surface area contributed by atoms with Crippen molar-refractivity contribution in [2.45, 2.75) is 46.0 Å². The summed E-state index contributed by atoms with van der Waals surface area (Å²) in [7, 11) is 0. The summed E-state index contributed by atoms with van der Waals surface area (Å²) in [5, 5.41) is 9.62. The lowest BCUT2D eigenvalue weighted by Crippen LogP contribution is -2.43. The molecule has 1 aliphatic carbocycles. The van der Waals surface area contributed by atoms with Crippen molar-refractivity contribution in [1.29, 1.82) is 0 Å². The second kappa shape index (κ2) is 6.62. The van der Waals surface area contributed by atoms with Crippen LogP contribution in [0, 0.1) is 12.3 Å². The number of hydrogen-bond acceptors (Lipinski definition) is 3. The molecule has 2 aromatic rings. The Hall–Kier alpha value is -2.88. The number of aromatic hydroxyl groups is 1. The summed E-state index contributed by atoms with van der Waals surface area (Å²) in [4.78, 5) is 28.2. The first-order valence-corrected chi connectivity index (χ1v) is 9.70. The number of carbonyl (C=O) groups excluding carboxylic acids is 2. The lowest BCUT2D eigenvalue weighted by Gasteiger charge is -2.43. The fraction of sp³-hybridized carbons (Fsp3) is 0.333. The van der Waals surface area contributed by atoms with E-state index in [-0.39, 0.29) is 35.2 Å². The van der Waals surface area contributed by atoms with Crippen molar-refractivity contribution in [2.24, 2.45) is 5.41 Å². The van der Waals surface area contributed by atoms with E-state index < -0.39 is 0 Å². The van der Waals surface area contributed by atoms with Crippen LogP contribution in [0.1, 0.15) is 50.2 Å². The van der Waals surface area contributed by atoms with E-state index in [1.54, 1.807) is 17.0 Å². The van der Waals surface area contributed by atoms with Gasteiger partial charge in [-0.2, -0.15) is 0 Å². The number of rotatable bonds is 2. The fourth-order valence-corrected chi connectivity index (χ4v) is 4.47. The van der Waals surface area contributed by atoms with Gasteiger partial charge in [0.05, 0.1) is 0 Å². The van der Waals surface area contributed by atoms with Crippen LogP contribution in [0.4, 0.5) is 5.69 Å². The van der Waals surface area contributed by atoms with E-state index in [9.17, 15) is 14.7 Å². The second-order valence-corrected chi connectivity index (χ2v) is 8.72. The number of nitrogens with zero attached hydrogens (tertiary/aromatic N) is 1. The number of Topliss-reactive ketones (excluding diaryl/α,β-unsaturated/α-hetero) is 1. The molecular weight excluding hydrogens is 350 g/mol. The third kappa shape index (κ3) is 3.24. The highest BCUT2D eigenvalue weighted by atomic mass is 16.3. The molecule has 4 rings (SSSR count). The fourth-order valence-electron chi connectivity index (χ4n) is 4.47. The van der Waals surface area contributed by atoms with Crippen molar-refractivity contribution in [2.75, 3.05) is 4.90 Å². The summed E-state index contributed by atoms with van der Waals surface area (Å²) >= 11 is 0. The van der Waals surface area contributed by atoms with Crippen molar-refractivity contribution in [1.82, 2.24) is 0 Å². The predicted molar refractivity (Wildman–Crippen MR) is 109 cm³/mol. The van der Waals surface area contributed by atoms with Crippen LogP contribution in [0.3, 0.4) is 0 Å². The van der Waals surface area contributed by atoms with Gasteiger partial charge in [-0.25, -0.2) is 0 Å². The average Bonchev–Trinajstić information content (AvgIpc) is 2.60. The van der Waals surface area contributed by atoms with Gasteiger partial charge in [-0.3, -0.25) is 14.5 Å². The standard InChI is InChI=1S/C24H25NO3/c1-15-5-4-6-17(11-15)25-20-13-24(2,3)14-21(27)23(20)19(12-22(25)28)16-7-9-18(26)10-8-16/h4-11,19,26H,12-14H2,1-3H3. The number of phenols is 1. The van der Waals surface area contributed by atoms with E-state index >= 15 is 0 Å². The van der Waals surface area contributed by atoms with Gasteiger partial charge in [0, 0.05) is 35.7 Å². The summed E-state index contributed by atoms with van der Waals surface area (Å²) in [6, 6.07) is 14.7. The van der Waals surface area contributed by atoms with Gasteiger partial charge in [0.1, 0.15) is 5.75 Å². The molecule has 0 saturated carbocycles. The van der Waals surface area contributed by atoms with E-state index in [4.69, 9.17) is 0 Å². The number of ketones is 1. The monoisotopic (exact) mass is 375 g/mol. The number of carbonyl (C=O) groups is 2. The SMILES string of the molecule is Cc1cccc(N2C(=O)CC(c3ccc(O)cc3)C3=C2CC(C)(C)CC3=O)c1. The zero-order valence-electron chi connectivity index (χ0n) is 16.5. The Morgan fingerprint density at radius 1 is 1.04 bits per heavy atom. The van der Waals surface area contributed by atoms with Crippen LogP contribution >= 0.6 is 0 Å². The van der Waals surface area contributed by atoms with Crippen LogP contribution in [-0.4, -0.2) is 16.8 Å². The average molecular weight is 375 g/mol. The zero-order chi connectivity index (χ0) is 20.1. The number of hydrogen-bond donors (Lipinski definition) is 1. The van der Waals surface area contributed by atoms with Gasteiger partial charge in [0.15, 0.2) is 5.78 Å². The van der Waals surface area contributed by atoms with E-state index in [2.05, 4.69) is 13.8 Å².